The van der Waals surface area contributed by atoms with Crippen molar-refractivity contribution in [2.24, 2.45) is 0 Å². The van der Waals surface area contributed by atoms with Gasteiger partial charge in [-0.25, -0.2) is 18.8 Å². The van der Waals surface area contributed by atoms with Gasteiger partial charge in [0.25, 0.3) is 0 Å². The number of morpholine rings is 1. The van der Waals surface area contributed by atoms with Gasteiger partial charge < -0.3 is 4.74 Å². The minimum absolute atomic E-state index is 0.284. The van der Waals surface area contributed by atoms with Crippen LogP contribution in [0.2, 0.25) is 0 Å². The topological polar surface area (TPSA) is 37.4 Å². The molecule has 1 saturated heterocycles. The Bertz CT molecular complexity index is 812. The van der Waals surface area contributed by atoms with Gasteiger partial charge in [-0.05, 0) is 42.0 Å². The van der Waals surface area contributed by atoms with E-state index in [9.17, 15) is 8.78 Å². The third-order valence-electron chi connectivity index (χ3n) is 4.12. The fourth-order valence-corrected chi connectivity index (χ4v) is 3.80. The zero-order chi connectivity index (χ0) is 17.9. The number of rotatable bonds is 4. The van der Waals surface area contributed by atoms with Crippen molar-refractivity contribution in [3.63, 3.8) is 0 Å². The minimum Gasteiger partial charge on any atom is -0.379 e. The Hall–Kier alpha value is -2.35. The summed E-state index contributed by atoms with van der Waals surface area (Å²) < 4.78 is 32.0. The Labute approximate surface area is 154 Å². The second-order valence-electron chi connectivity index (χ2n) is 5.92. The largest absolute Gasteiger partial charge is 0.379 e. The Morgan fingerprint density at radius 3 is 2.08 bits per heavy atom. The molecule has 26 heavy (non-hydrogen) atoms. The molecule has 0 radical (unpaired) electrons. The van der Waals surface area contributed by atoms with E-state index in [0.29, 0.717) is 13.2 Å². The highest BCUT2D eigenvalue weighted by molar-refractivity contribution is 7.19. The van der Waals surface area contributed by atoms with E-state index in [0.717, 1.165) is 39.9 Å². The normalized spacial score (nSPS) is 15.2. The van der Waals surface area contributed by atoms with Gasteiger partial charge in [0, 0.05) is 18.7 Å². The first-order chi connectivity index (χ1) is 12.7. The Morgan fingerprint density at radius 2 is 1.46 bits per heavy atom. The van der Waals surface area contributed by atoms with Crippen molar-refractivity contribution in [3.05, 3.63) is 60.2 Å². The molecular weight excluding hydrogens is 356 g/mol. The first-order valence-electron chi connectivity index (χ1n) is 8.31. The second-order valence-corrected chi connectivity index (χ2v) is 6.92. The molecule has 4 rings (SSSR count). The molecule has 0 amide bonds. The molecule has 1 fully saturated rings. The molecule has 1 aliphatic heterocycles. The monoisotopic (exact) mass is 373 g/mol. The molecule has 0 unspecified atom stereocenters. The number of halogens is 2. The van der Waals surface area contributed by atoms with E-state index in [-0.39, 0.29) is 11.6 Å². The maximum atomic E-state index is 13.3. The smallest absolute Gasteiger partial charge is 0.198 e. The molecule has 4 nitrogen and oxygen atoms in total. The van der Waals surface area contributed by atoms with Gasteiger partial charge in [-0.15, -0.1) is 0 Å². The van der Waals surface area contributed by atoms with Gasteiger partial charge in [0.2, 0.25) is 0 Å². The van der Waals surface area contributed by atoms with Crippen LogP contribution in [0.25, 0.3) is 21.7 Å². The van der Waals surface area contributed by atoms with Crippen LogP contribution in [0, 0.1) is 11.6 Å². The van der Waals surface area contributed by atoms with Crippen LogP contribution in [0.15, 0.2) is 48.5 Å². The molecule has 0 saturated carbocycles. The van der Waals surface area contributed by atoms with E-state index in [2.05, 4.69) is 10.4 Å². The lowest BCUT2D eigenvalue weighted by Gasteiger charge is -2.26. The molecule has 0 aliphatic carbocycles. The van der Waals surface area contributed by atoms with Crippen LogP contribution in [0.4, 0.5) is 13.9 Å². The van der Waals surface area contributed by atoms with Crippen molar-refractivity contribution in [1.29, 1.82) is 0 Å². The first-order valence-corrected chi connectivity index (χ1v) is 9.13. The number of hydrogen-bond acceptors (Lipinski definition) is 5. The summed E-state index contributed by atoms with van der Waals surface area (Å²) in [5.41, 5.74) is 5.75. The van der Waals surface area contributed by atoms with Crippen molar-refractivity contribution in [1.82, 2.24) is 9.99 Å². The summed E-state index contributed by atoms with van der Waals surface area (Å²) >= 11 is 1.49. The Morgan fingerprint density at radius 1 is 0.885 bits per heavy atom. The summed E-state index contributed by atoms with van der Waals surface area (Å²) in [4.78, 5) is 5.62. The summed E-state index contributed by atoms with van der Waals surface area (Å²) in [6, 6.07) is 12.6. The number of hydrazine groups is 1. The second kappa shape index (κ2) is 7.49. The van der Waals surface area contributed by atoms with E-state index < -0.39 is 0 Å². The number of aromatic nitrogens is 1. The lowest BCUT2D eigenvalue weighted by Crippen LogP contribution is -2.40. The average molecular weight is 373 g/mol. The summed E-state index contributed by atoms with van der Waals surface area (Å²) in [6.07, 6.45) is 0. The zero-order valence-electron chi connectivity index (χ0n) is 13.9. The van der Waals surface area contributed by atoms with Crippen LogP contribution >= 0.6 is 11.3 Å². The molecule has 1 N–H and O–H groups in total. The quantitative estimate of drug-likeness (QED) is 0.735. The molecule has 1 aromatic heterocycles. The highest BCUT2D eigenvalue weighted by Crippen LogP contribution is 2.39. The average Bonchev–Trinajstić information content (AvgIpc) is 3.07. The summed E-state index contributed by atoms with van der Waals surface area (Å²) in [5, 5.41) is 2.80. The lowest BCUT2D eigenvalue weighted by molar-refractivity contribution is 0.0497. The van der Waals surface area contributed by atoms with Gasteiger partial charge in [-0.2, -0.15) is 0 Å². The molecule has 134 valence electrons. The maximum Gasteiger partial charge on any atom is 0.198 e. The Balaban J connectivity index is 1.71. The SMILES string of the molecule is Fc1ccc(-c2nc(NN3CCOCC3)sc2-c2ccc(F)cc2)cc1. The van der Waals surface area contributed by atoms with Crippen LogP contribution in [-0.2, 0) is 4.74 Å². The van der Waals surface area contributed by atoms with Crippen molar-refractivity contribution in [2.45, 2.75) is 0 Å². The number of ether oxygens (including phenoxy) is 1. The number of thiazole rings is 1. The maximum absolute atomic E-state index is 13.3. The van der Waals surface area contributed by atoms with Gasteiger partial charge >= 0.3 is 0 Å². The third-order valence-corrected chi connectivity index (χ3v) is 5.13. The molecule has 7 heteroatoms. The standard InChI is InChI=1S/C19H17F2N3OS/c20-15-5-1-13(2-6-15)17-18(14-3-7-16(21)8-4-14)26-19(22-17)23-24-9-11-25-12-10-24/h1-8H,9-12H2,(H,22,23). The summed E-state index contributed by atoms with van der Waals surface area (Å²) in [6.45, 7) is 2.90. The Kier molecular flexibility index (Phi) is 4.92. The summed E-state index contributed by atoms with van der Waals surface area (Å²) in [5.74, 6) is -0.577. The van der Waals surface area contributed by atoms with E-state index in [1.165, 1.54) is 35.6 Å². The van der Waals surface area contributed by atoms with Gasteiger partial charge in [-0.3, -0.25) is 5.43 Å². The van der Waals surface area contributed by atoms with Crippen LogP contribution < -0.4 is 5.43 Å². The molecule has 2 heterocycles. The third kappa shape index (κ3) is 3.75. The van der Waals surface area contributed by atoms with Gasteiger partial charge in [-0.1, -0.05) is 23.5 Å². The number of anilines is 1. The van der Waals surface area contributed by atoms with E-state index in [1.54, 1.807) is 24.3 Å². The molecule has 0 spiro atoms. The van der Waals surface area contributed by atoms with Crippen LogP contribution in [-0.4, -0.2) is 36.3 Å². The lowest BCUT2D eigenvalue weighted by atomic mass is 10.1. The fraction of sp³-hybridized carbons (Fsp3) is 0.211. The zero-order valence-corrected chi connectivity index (χ0v) is 14.7. The van der Waals surface area contributed by atoms with Gasteiger partial charge in [0.05, 0.1) is 23.8 Å². The number of benzene rings is 2. The molecule has 2 aromatic carbocycles. The molecule has 0 atom stereocenters. The minimum atomic E-state index is -0.293. The molecule has 0 bridgehead atoms. The predicted molar refractivity (Wildman–Crippen MR) is 98.9 cm³/mol. The fourth-order valence-electron chi connectivity index (χ4n) is 2.78. The van der Waals surface area contributed by atoms with Crippen LogP contribution in [0.5, 0.6) is 0 Å². The van der Waals surface area contributed by atoms with E-state index >= 15 is 0 Å². The van der Waals surface area contributed by atoms with Crippen LogP contribution in [0.1, 0.15) is 0 Å². The van der Waals surface area contributed by atoms with Crippen molar-refractivity contribution in [2.75, 3.05) is 31.7 Å². The van der Waals surface area contributed by atoms with Gasteiger partial charge in [0.15, 0.2) is 5.13 Å². The van der Waals surface area contributed by atoms with E-state index in [4.69, 9.17) is 9.72 Å². The highest BCUT2D eigenvalue weighted by atomic mass is 32.1. The number of nitrogens with one attached hydrogen (secondary N) is 1. The predicted octanol–water partition coefficient (Wildman–Crippen LogP) is 4.41. The van der Waals surface area contributed by atoms with E-state index in [1.807, 2.05) is 0 Å². The van der Waals surface area contributed by atoms with Crippen molar-refractivity contribution >= 4 is 16.5 Å². The molecule has 1 aliphatic rings. The van der Waals surface area contributed by atoms with Gasteiger partial charge in [0.1, 0.15) is 11.6 Å². The highest BCUT2D eigenvalue weighted by Gasteiger charge is 2.18. The number of nitrogens with zero attached hydrogens (tertiary/aromatic N) is 2. The van der Waals surface area contributed by atoms with Crippen molar-refractivity contribution < 1.29 is 13.5 Å². The first kappa shape index (κ1) is 17.1. The molecule has 3 aromatic rings. The van der Waals surface area contributed by atoms with Crippen LogP contribution in [0.3, 0.4) is 0 Å². The molecular formula is C19H17F2N3OS. The summed E-state index contributed by atoms with van der Waals surface area (Å²) in [7, 11) is 0. The number of hydrogen-bond donors (Lipinski definition) is 1. The van der Waals surface area contributed by atoms with Crippen molar-refractivity contribution in [3.8, 4) is 21.7 Å².